The van der Waals surface area contributed by atoms with Crippen LogP contribution >= 0.6 is 11.8 Å². The molecule has 5 heterocycles. The quantitative estimate of drug-likeness (QED) is 0.410. The van der Waals surface area contributed by atoms with Crippen LogP contribution in [0.1, 0.15) is 12.2 Å². The van der Waals surface area contributed by atoms with Gasteiger partial charge < -0.3 is 24.2 Å². The Morgan fingerprint density at radius 3 is 2.32 bits per heavy atom. The van der Waals surface area contributed by atoms with Gasteiger partial charge in [-0.1, -0.05) is 6.07 Å². The number of hydrogen-bond acceptors (Lipinski definition) is 10. The first-order valence-corrected chi connectivity index (χ1v) is 15.1. The molecular formula is C27H34F2N8O3S. The number of imidazole rings is 1. The number of amides is 1. The van der Waals surface area contributed by atoms with Gasteiger partial charge in [0.25, 0.3) is 6.43 Å². The van der Waals surface area contributed by atoms with E-state index in [2.05, 4.69) is 19.7 Å². The van der Waals surface area contributed by atoms with E-state index in [9.17, 15) is 13.6 Å². The van der Waals surface area contributed by atoms with Crippen molar-refractivity contribution in [3.63, 3.8) is 0 Å². The second-order valence-corrected chi connectivity index (χ2v) is 11.4. The minimum absolute atomic E-state index is 0.122. The maximum atomic E-state index is 14.3. The number of ether oxygens (including phenoxy) is 2. The van der Waals surface area contributed by atoms with E-state index in [-0.39, 0.29) is 11.9 Å². The number of hydrogen-bond donors (Lipinski definition) is 0. The molecule has 3 aliphatic heterocycles. The molecule has 1 aromatic carbocycles. The predicted octanol–water partition coefficient (Wildman–Crippen LogP) is 2.30. The van der Waals surface area contributed by atoms with Crippen molar-refractivity contribution in [2.24, 2.45) is 0 Å². The molecular weight excluding hydrogens is 554 g/mol. The summed E-state index contributed by atoms with van der Waals surface area (Å²) < 4.78 is 40.9. The first-order chi connectivity index (χ1) is 20.0. The lowest BCUT2D eigenvalue weighted by molar-refractivity contribution is -0.132. The third-order valence-electron chi connectivity index (χ3n) is 7.73. The molecule has 41 heavy (non-hydrogen) atoms. The third kappa shape index (κ3) is 5.90. The second-order valence-electron chi connectivity index (χ2n) is 10.2. The van der Waals surface area contributed by atoms with Crippen molar-refractivity contribution in [3.8, 4) is 11.7 Å². The van der Waals surface area contributed by atoms with Crippen LogP contribution in [0.3, 0.4) is 0 Å². The first kappa shape index (κ1) is 27.9. The van der Waals surface area contributed by atoms with E-state index in [0.29, 0.717) is 87.4 Å². The van der Waals surface area contributed by atoms with Crippen molar-refractivity contribution in [3.05, 3.63) is 30.1 Å². The zero-order chi connectivity index (χ0) is 28.3. The summed E-state index contributed by atoms with van der Waals surface area (Å²) in [6.45, 7) is 7.02. The van der Waals surface area contributed by atoms with Gasteiger partial charge in [0.15, 0.2) is 5.82 Å². The van der Waals surface area contributed by atoms with Gasteiger partial charge in [0.1, 0.15) is 22.9 Å². The molecule has 1 amide bonds. The molecule has 0 N–H and O–H groups in total. The number of alkyl halides is 2. The number of morpholine rings is 1. The highest BCUT2D eigenvalue weighted by Crippen LogP contribution is 2.33. The fraction of sp³-hybridized carbons (Fsp3) is 0.556. The van der Waals surface area contributed by atoms with Gasteiger partial charge in [-0.3, -0.25) is 14.3 Å². The van der Waals surface area contributed by atoms with Crippen LogP contribution in [0.15, 0.2) is 24.3 Å². The zero-order valence-corrected chi connectivity index (χ0v) is 23.9. The lowest BCUT2D eigenvalue weighted by Gasteiger charge is -2.37. The fourth-order valence-electron chi connectivity index (χ4n) is 5.47. The summed E-state index contributed by atoms with van der Waals surface area (Å²) in [5, 5.41) is 0. The molecule has 0 bridgehead atoms. The Labute approximate surface area is 241 Å². The Bertz CT molecular complexity index is 1370. The van der Waals surface area contributed by atoms with Gasteiger partial charge in [0.05, 0.1) is 32.4 Å². The van der Waals surface area contributed by atoms with E-state index in [4.69, 9.17) is 19.4 Å². The van der Waals surface area contributed by atoms with Gasteiger partial charge in [-0.15, -0.1) is 0 Å². The van der Waals surface area contributed by atoms with Gasteiger partial charge in [-0.25, -0.2) is 13.8 Å². The van der Waals surface area contributed by atoms with Crippen molar-refractivity contribution < 1.29 is 23.0 Å². The number of rotatable bonds is 7. The summed E-state index contributed by atoms with van der Waals surface area (Å²) in [4.78, 5) is 35.1. The average molecular weight is 589 g/mol. The Hall–Kier alpha value is -3.23. The summed E-state index contributed by atoms with van der Waals surface area (Å²) in [6, 6.07) is 7.04. The molecule has 3 aliphatic rings. The molecule has 11 nitrogen and oxygen atoms in total. The molecule has 0 unspecified atom stereocenters. The van der Waals surface area contributed by atoms with Crippen LogP contribution in [0.25, 0.3) is 17.0 Å². The number of piperazine rings is 1. The summed E-state index contributed by atoms with van der Waals surface area (Å²) in [5.41, 5.74) is 0.767. The van der Waals surface area contributed by atoms with Crippen LogP contribution in [0.4, 0.5) is 20.4 Å². The Kier molecular flexibility index (Phi) is 8.40. The SMILES string of the molecule is COc1cccc2c1nc(C(F)F)n2-c1nc(N2CCOCC2)cc(N2CCN(C(=O)CN3CCSCC3)CC2)n1. The number of halogens is 2. The van der Waals surface area contributed by atoms with E-state index in [0.717, 1.165) is 24.6 Å². The minimum atomic E-state index is -2.85. The zero-order valence-electron chi connectivity index (χ0n) is 23.0. The van der Waals surface area contributed by atoms with Crippen LogP contribution in [0, 0.1) is 0 Å². The maximum Gasteiger partial charge on any atom is 0.296 e. The topological polar surface area (TPSA) is 92.1 Å². The molecule has 0 saturated carbocycles. The fourth-order valence-corrected chi connectivity index (χ4v) is 6.45. The third-order valence-corrected chi connectivity index (χ3v) is 8.67. The molecule has 3 saturated heterocycles. The van der Waals surface area contributed by atoms with Gasteiger partial charge >= 0.3 is 0 Å². The number of carbonyl (C=O) groups is 1. The molecule has 0 spiro atoms. The summed E-state index contributed by atoms with van der Waals surface area (Å²) >= 11 is 1.93. The minimum Gasteiger partial charge on any atom is -0.494 e. The Morgan fingerprint density at radius 1 is 0.976 bits per heavy atom. The highest BCUT2D eigenvalue weighted by Gasteiger charge is 2.28. The standard InChI is InChI=1S/C27H34F2N8O3S/c1-39-20-4-2-3-19-24(20)32-26(25(28)29)37(19)27-30-21(17-22(31-27)35-9-13-40-14-10-35)34-5-7-36(8-6-34)23(38)18-33-11-15-41-16-12-33/h2-4,17,25H,5-16,18H2,1H3. The molecule has 6 rings (SSSR count). The molecule has 2 aromatic heterocycles. The van der Waals surface area contributed by atoms with Crippen LogP contribution in [-0.2, 0) is 9.53 Å². The van der Waals surface area contributed by atoms with E-state index in [1.165, 1.54) is 11.7 Å². The smallest absolute Gasteiger partial charge is 0.296 e. The van der Waals surface area contributed by atoms with E-state index in [1.807, 2.05) is 22.7 Å². The average Bonchev–Trinajstić information content (AvgIpc) is 3.42. The number of nitrogens with zero attached hydrogens (tertiary/aromatic N) is 8. The van der Waals surface area contributed by atoms with Crippen molar-refractivity contribution in [2.45, 2.75) is 6.43 Å². The highest BCUT2D eigenvalue weighted by molar-refractivity contribution is 7.99. The van der Waals surface area contributed by atoms with Crippen LogP contribution in [0.5, 0.6) is 5.75 Å². The molecule has 0 atom stereocenters. The van der Waals surface area contributed by atoms with Crippen molar-refractivity contribution >= 4 is 40.3 Å². The molecule has 3 fully saturated rings. The predicted molar refractivity (Wildman–Crippen MR) is 154 cm³/mol. The lowest BCUT2D eigenvalue weighted by Crippen LogP contribution is -2.52. The van der Waals surface area contributed by atoms with Crippen molar-refractivity contribution in [1.82, 2.24) is 29.3 Å². The summed E-state index contributed by atoms with van der Waals surface area (Å²) in [7, 11) is 1.49. The Balaban J connectivity index is 1.31. The molecule has 220 valence electrons. The number of para-hydroxylation sites is 1. The lowest BCUT2D eigenvalue weighted by atomic mass is 10.3. The number of thioether (sulfide) groups is 1. The van der Waals surface area contributed by atoms with Crippen molar-refractivity contribution in [2.75, 3.05) is 101 Å². The van der Waals surface area contributed by atoms with Crippen molar-refractivity contribution in [1.29, 1.82) is 0 Å². The van der Waals surface area contributed by atoms with Crippen LogP contribution in [0.2, 0.25) is 0 Å². The van der Waals surface area contributed by atoms with Gasteiger partial charge in [-0.2, -0.15) is 21.7 Å². The van der Waals surface area contributed by atoms with E-state index >= 15 is 0 Å². The van der Waals surface area contributed by atoms with Gasteiger partial charge in [0.2, 0.25) is 11.9 Å². The number of benzene rings is 1. The normalized spacial score (nSPS) is 18.9. The van der Waals surface area contributed by atoms with E-state index in [1.54, 1.807) is 18.2 Å². The van der Waals surface area contributed by atoms with E-state index < -0.39 is 12.2 Å². The molecule has 0 aliphatic carbocycles. The maximum absolute atomic E-state index is 14.3. The number of methoxy groups -OCH3 is 1. The largest absolute Gasteiger partial charge is 0.494 e. The number of aromatic nitrogens is 4. The Morgan fingerprint density at radius 2 is 1.66 bits per heavy atom. The van der Waals surface area contributed by atoms with Crippen LogP contribution in [-0.4, -0.2) is 126 Å². The first-order valence-electron chi connectivity index (χ1n) is 13.9. The molecule has 0 radical (unpaired) electrons. The second kappa shape index (κ2) is 12.3. The van der Waals surface area contributed by atoms with Gasteiger partial charge in [0, 0.05) is 69.9 Å². The number of anilines is 2. The van der Waals surface area contributed by atoms with Gasteiger partial charge in [-0.05, 0) is 12.1 Å². The monoisotopic (exact) mass is 588 g/mol. The highest BCUT2D eigenvalue weighted by atomic mass is 32.2. The number of fused-ring (bicyclic) bond motifs is 1. The number of carbonyl (C=O) groups excluding carboxylic acids is 1. The molecule has 14 heteroatoms. The van der Waals surface area contributed by atoms with Crippen LogP contribution < -0.4 is 14.5 Å². The molecule has 3 aromatic rings. The summed E-state index contributed by atoms with van der Waals surface area (Å²) in [6.07, 6.45) is -2.85. The summed E-state index contributed by atoms with van der Waals surface area (Å²) in [5.74, 6) is 3.62.